The monoisotopic (exact) mass is 576 g/mol. The second-order valence-electron chi connectivity index (χ2n) is 9.95. The Labute approximate surface area is 237 Å². The number of ether oxygens (including phenoxy) is 1. The number of aliphatic hydroxyl groups is 1. The second kappa shape index (κ2) is 13.7. The topological polar surface area (TPSA) is 133 Å². The van der Waals surface area contributed by atoms with E-state index in [2.05, 4.69) is 18.8 Å². The van der Waals surface area contributed by atoms with E-state index in [0.29, 0.717) is 61.9 Å². The molecule has 12 heteroatoms. The number of aromatic amines is 1. The number of hydrogen-bond donors (Lipinski definition) is 2. The van der Waals surface area contributed by atoms with E-state index in [1.54, 1.807) is 10.6 Å². The van der Waals surface area contributed by atoms with Crippen molar-refractivity contribution < 1.29 is 18.3 Å². The van der Waals surface area contributed by atoms with Gasteiger partial charge in [-0.05, 0) is 44.9 Å². The van der Waals surface area contributed by atoms with Gasteiger partial charge in [-0.3, -0.25) is 9.69 Å². The van der Waals surface area contributed by atoms with Crippen LogP contribution in [-0.2, 0) is 10.0 Å². The van der Waals surface area contributed by atoms with Crippen molar-refractivity contribution in [3.8, 4) is 17.1 Å². The lowest BCUT2D eigenvalue weighted by molar-refractivity contribution is 0.151. The molecule has 2 aromatic heterocycles. The number of piperazine rings is 1. The van der Waals surface area contributed by atoms with Gasteiger partial charge in [0.05, 0.1) is 29.4 Å². The summed E-state index contributed by atoms with van der Waals surface area (Å²) in [4.78, 5) is 23.0. The van der Waals surface area contributed by atoms with Gasteiger partial charge < -0.3 is 14.8 Å². The molecule has 3 aromatic rings. The van der Waals surface area contributed by atoms with Gasteiger partial charge in [0.1, 0.15) is 11.6 Å². The molecule has 0 bridgehead atoms. The third kappa shape index (κ3) is 6.40. The highest BCUT2D eigenvalue weighted by molar-refractivity contribution is 7.89. The number of rotatable bonds is 12. The van der Waals surface area contributed by atoms with E-state index >= 15 is 0 Å². The van der Waals surface area contributed by atoms with Gasteiger partial charge in [0, 0.05) is 38.6 Å². The van der Waals surface area contributed by atoms with Crippen molar-refractivity contribution in [3.05, 3.63) is 40.1 Å². The Morgan fingerprint density at radius 1 is 1.10 bits per heavy atom. The molecule has 4 rings (SSSR count). The summed E-state index contributed by atoms with van der Waals surface area (Å²) >= 11 is 0. The lowest BCUT2D eigenvalue weighted by Crippen LogP contribution is -2.49. The molecular weight excluding hydrogens is 532 g/mol. The van der Waals surface area contributed by atoms with Crippen molar-refractivity contribution >= 4 is 15.5 Å². The number of fused-ring (bicyclic) bond motifs is 1. The third-order valence-electron chi connectivity index (χ3n) is 7.23. The summed E-state index contributed by atoms with van der Waals surface area (Å²) in [5.74, 6) is 1.57. The van der Waals surface area contributed by atoms with Gasteiger partial charge in [-0.1, -0.05) is 34.1 Å². The fourth-order valence-electron chi connectivity index (χ4n) is 5.30. The molecule has 1 aliphatic heterocycles. The van der Waals surface area contributed by atoms with Crippen LogP contribution in [-0.4, -0.2) is 88.2 Å². The van der Waals surface area contributed by atoms with Crippen molar-refractivity contribution in [2.24, 2.45) is 0 Å². The first-order valence-corrected chi connectivity index (χ1v) is 15.3. The number of sulfonamides is 1. The Balaban J connectivity index is 0.00000441. The molecule has 0 saturated carbocycles. The first-order chi connectivity index (χ1) is 18.7. The van der Waals surface area contributed by atoms with Crippen molar-refractivity contribution in [2.45, 2.75) is 71.6 Å². The molecule has 3 heterocycles. The number of nitrogens with one attached hydrogen (secondary N) is 1. The number of H-pyrrole nitrogens is 1. The maximum Gasteiger partial charge on any atom is 0.277 e. The van der Waals surface area contributed by atoms with E-state index < -0.39 is 10.0 Å². The Bertz CT molecular complexity index is 1440. The first-order valence-electron chi connectivity index (χ1n) is 13.8. The Morgan fingerprint density at radius 2 is 1.77 bits per heavy atom. The predicted molar refractivity (Wildman–Crippen MR) is 157 cm³/mol. The molecule has 0 unspecified atom stereocenters. The Kier molecular flexibility index (Phi) is 10.9. The van der Waals surface area contributed by atoms with Gasteiger partial charge in [0.25, 0.3) is 5.56 Å². The average Bonchev–Trinajstić information content (AvgIpc) is 3.26. The minimum atomic E-state index is -3.80. The van der Waals surface area contributed by atoms with Crippen molar-refractivity contribution in [3.63, 3.8) is 0 Å². The summed E-state index contributed by atoms with van der Waals surface area (Å²) in [5, 5.41) is 14.0. The lowest BCUT2D eigenvalue weighted by atomic mass is 9.98. The van der Waals surface area contributed by atoms with E-state index in [4.69, 9.17) is 14.8 Å². The summed E-state index contributed by atoms with van der Waals surface area (Å²) in [5.41, 5.74) is 1.08. The molecule has 0 aliphatic carbocycles. The van der Waals surface area contributed by atoms with Crippen LogP contribution in [0.3, 0.4) is 0 Å². The number of aromatic nitrogens is 4. The van der Waals surface area contributed by atoms with Crippen LogP contribution in [0.15, 0.2) is 27.9 Å². The molecule has 1 aliphatic rings. The van der Waals surface area contributed by atoms with Crippen LogP contribution in [0.25, 0.3) is 16.9 Å². The molecule has 2 N–H and O–H groups in total. The predicted octanol–water partition coefficient (Wildman–Crippen LogP) is 3.41. The largest absolute Gasteiger partial charge is 0.493 e. The molecular formula is C28H44N6O5S. The van der Waals surface area contributed by atoms with Gasteiger partial charge in [-0.25, -0.2) is 17.9 Å². The lowest BCUT2D eigenvalue weighted by Gasteiger charge is -2.33. The number of aryl methyl sites for hydroxylation is 1. The fourth-order valence-corrected chi connectivity index (χ4v) is 6.75. The molecule has 11 nitrogen and oxygen atoms in total. The van der Waals surface area contributed by atoms with E-state index in [0.717, 1.165) is 31.5 Å². The molecule has 222 valence electrons. The van der Waals surface area contributed by atoms with Gasteiger partial charge >= 0.3 is 0 Å². The maximum atomic E-state index is 13.6. The van der Waals surface area contributed by atoms with E-state index in [9.17, 15) is 18.3 Å². The van der Waals surface area contributed by atoms with Crippen molar-refractivity contribution in [2.75, 3.05) is 45.9 Å². The highest BCUT2D eigenvalue weighted by Gasteiger charge is 2.30. The number of nitrogens with zero attached hydrogens (tertiary/aromatic N) is 5. The van der Waals surface area contributed by atoms with Crippen LogP contribution in [0.2, 0.25) is 0 Å². The zero-order chi connectivity index (χ0) is 28.2. The van der Waals surface area contributed by atoms with E-state index in [1.165, 1.54) is 16.4 Å². The highest BCUT2D eigenvalue weighted by atomic mass is 32.2. The molecule has 0 amide bonds. The zero-order valence-electron chi connectivity index (χ0n) is 23.3. The van der Waals surface area contributed by atoms with Crippen LogP contribution in [0, 0.1) is 6.92 Å². The Morgan fingerprint density at radius 3 is 2.38 bits per heavy atom. The van der Waals surface area contributed by atoms with E-state index in [-0.39, 0.29) is 36.2 Å². The molecule has 0 spiro atoms. The van der Waals surface area contributed by atoms with Gasteiger partial charge in [0.15, 0.2) is 11.3 Å². The molecule has 0 atom stereocenters. The van der Waals surface area contributed by atoms with Crippen molar-refractivity contribution in [1.82, 2.24) is 28.8 Å². The van der Waals surface area contributed by atoms with Gasteiger partial charge in [-0.2, -0.15) is 4.31 Å². The third-order valence-corrected chi connectivity index (χ3v) is 9.13. The van der Waals surface area contributed by atoms with Crippen molar-refractivity contribution in [1.29, 1.82) is 0 Å². The highest BCUT2D eigenvalue weighted by Crippen LogP contribution is 2.32. The fraction of sp³-hybridized carbons (Fsp3) is 0.607. The smallest absolute Gasteiger partial charge is 0.277 e. The molecule has 0 radical (unpaired) electrons. The average molecular weight is 577 g/mol. The second-order valence-corrected chi connectivity index (χ2v) is 11.9. The van der Waals surface area contributed by atoms with E-state index in [1.807, 2.05) is 18.7 Å². The normalized spacial score (nSPS) is 15.1. The van der Waals surface area contributed by atoms with Crippen LogP contribution in [0.4, 0.5) is 0 Å². The summed E-state index contributed by atoms with van der Waals surface area (Å²) < 4.78 is 36.1. The zero-order valence-corrected chi connectivity index (χ0v) is 24.1. The van der Waals surface area contributed by atoms with Gasteiger partial charge in [-0.15, -0.1) is 5.10 Å². The maximum absolute atomic E-state index is 13.6. The molecule has 40 heavy (non-hydrogen) atoms. The summed E-state index contributed by atoms with van der Waals surface area (Å²) in [6.07, 6.45) is 3.83. The summed E-state index contributed by atoms with van der Waals surface area (Å²) in [6.45, 7) is 10.6. The molecule has 1 fully saturated rings. The van der Waals surface area contributed by atoms with Gasteiger partial charge in [0.2, 0.25) is 10.0 Å². The van der Waals surface area contributed by atoms with Crippen LogP contribution in [0.1, 0.15) is 71.3 Å². The number of β-amino-alcohol motifs (C(OH)–C–C–N with tert-alkyl or cyclic N) is 1. The molecule has 1 saturated heterocycles. The minimum absolute atomic E-state index is 0. The van der Waals surface area contributed by atoms with Crippen LogP contribution >= 0.6 is 0 Å². The standard InChI is InChI=1S/C27H40N6O5S.CH4/c1-5-8-20(9-6-2)26-28-19(4)24-27(35)29-25(30-33(24)26)22-18-21(10-11-23(22)38-7-3)39(36,37)32-14-12-31(13-15-32)16-17-34;/h10-11,18,20,34H,5-9,12-17H2,1-4H3,(H,29,30,35);1H4. The SMILES string of the molecule is C.CCCC(CCC)c1nc(C)c2c(=O)[nH]c(-c3cc(S(=O)(=O)N4CCN(CCO)CC4)ccc3OCC)nn12. The minimum Gasteiger partial charge on any atom is -0.493 e. The van der Waals surface area contributed by atoms with Crippen LogP contribution < -0.4 is 10.3 Å². The number of imidazole rings is 1. The quantitative estimate of drug-likeness (QED) is 0.335. The number of aliphatic hydroxyl groups excluding tert-OH is 1. The summed E-state index contributed by atoms with van der Waals surface area (Å²) in [6, 6.07) is 4.68. The first kappa shape index (κ1) is 31.7. The number of benzene rings is 1. The molecule has 1 aromatic carbocycles. The number of hydrogen-bond acceptors (Lipinski definition) is 8. The summed E-state index contributed by atoms with van der Waals surface area (Å²) in [7, 11) is -3.80. The van der Waals surface area contributed by atoms with Crippen LogP contribution in [0.5, 0.6) is 5.75 Å². The Hall–Kier alpha value is -2.80.